The lowest BCUT2D eigenvalue weighted by Gasteiger charge is -2.23. The number of rotatable bonds is 5. The minimum Gasteiger partial charge on any atom is -0.366 e. The van der Waals surface area contributed by atoms with Gasteiger partial charge in [-0.2, -0.15) is 0 Å². The summed E-state index contributed by atoms with van der Waals surface area (Å²) >= 11 is 0. The molecular weight excluding hydrogens is 202 g/mol. The van der Waals surface area contributed by atoms with Gasteiger partial charge in [-0.05, 0) is 39.5 Å². The topological polar surface area (TPSA) is 38.3 Å². The molecule has 1 aliphatic rings. The Hall–Kier alpha value is -0.570. The van der Waals surface area contributed by atoms with Crippen molar-refractivity contribution < 1.29 is 9.53 Å². The van der Waals surface area contributed by atoms with E-state index in [2.05, 4.69) is 5.32 Å². The van der Waals surface area contributed by atoms with E-state index >= 15 is 0 Å². The molecule has 0 heterocycles. The van der Waals surface area contributed by atoms with E-state index in [-0.39, 0.29) is 18.1 Å². The number of hydrogen-bond acceptors (Lipinski definition) is 2. The molecule has 0 aromatic rings. The minimum absolute atomic E-state index is 0.0271. The zero-order valence-electron chi connectivity index (χ0n) is 10.8. The van der Waals surface area contributed by atoms with Crippen LogP contribution in [-0.4, -0.2) is 24.7 Å². The van der Waals surface area contributed by atoms with Crippen molar-refractivity contribution in [2.45, 2.75) is 65.1 Å². The van der Waals surface area contributed by atoms with E-state index in [4.69, 9.17) is 4.74 Å². The number of carbonyl (C=O) groups is 1. The first kappa shape index (κ1) is 13.5. The Balaban J connectivity index is 2.17. The van der Waals surface area contributed by atoms with E-state index in [1.54, 1.807) is 0 Å². The Morgan fingerprint density at radius 2 is 1.88 bits per heavy atom. The molecule has 1 amide bonds. The van der Waals surface area contributed by atoms with E-state index in [0.29, 0.717) is 5.92 Å². The SMILES string of the molecule is CC(C)OC(C)C(=O)NCC1CCCCC1. The Kier molecular flexibility index (Phi) is 5.81. The first-order chi connectivity index (χ1) is 7.59. The Labute approximate surface area is 98.9 Å². The molecule has 1 N–H and O–H groups in total. The molecule has 3 nitrogen and oxygen atoms in total. The maximum atomic E-state index is 11.7. The lowest BCUT2D eigenvalue weighted by atomic mass is 9.89. The van der Waals surface area contributed by atoms with Gasteiger partial charge in [-0.3, -0.25) is 4.79 Å². The highest BCUT2D eigenvalue weighted by atomic mass is 16.5. The van der Waals surface area contributed by atoms with Crippen molar-refractivity contribution in [3.63, 3.8) is 0 Å². The van der Waals surface area contributed by atoms with Crippen molar-refractivity contribution in [3.05, 3.63) is 0 Å². The summed E-state index contributed by atoms with van der Waals surface area (Å²) in [5.41, 5.74) is 0. The van der Waals surface area contributed by atoms with Gasteiger partial charge in [0, 0.05) is 6.54 Å². The molecule has 0 aromatic heterocycles. The first-order valence-electron chi connectivity index (χ1n) is 6.52. The molecule has 1 rings (SSSR count). The van der Waals surface area contributed by atoms with Crippen molar-refractivity contribution in [1.82, 2.24) is 5.32 Å². The van der Waals surface area contributed by atoms with Crippen LogP contribution in [0.4, 0.5) is 0 Å². The minimum atomic E-state index is -0.330. The van der Waals surface area contributed by atoms with Gasteiger partial charge in [-0.15, -0.1) is 0 Å². The zero-order valence-corrected chi connectivity index (χ0v) is 10.8. The van der Waals surface area contributed by atoms with Gasteiger partial charge in [0.05, 0.1) is 6.10 Å². The third-order valence-electron chi connectivity index (χ3n) is 3.14. The highest BCUT2D eigenvalue weighted by Gasteiger charge is 2.18. The van der Waals surface area contributed by atoms with Gasteiger partial charge in [0.1, 0.15) is 6.10 Å². The average molecular weight is 227 g/mol. The zero-order chi connectivity index (χ0) is 12.0. The summed E-state index contributed by atoms with van der Waals surface area (Å²) in [6, 6.07) is 0. The van der Waals surface area contributed by atoms with Crippen LogP contribution in [0, 0.1) is 5.92 Å². The van der Waals surface area contributed by atoms with Crippen LogP contribution in [0.15, 0.2) is 0 Å². The molecular formula is C13H25NO2. The second kappa shape index (κ2) is 6.89. The highest BCUT2D eigenvalue weighted by molar-refractivity contribution is 5.80. The summed E-state index contributed by atoms with van der Waals surface area (Å²) in [5, 5.41) is 2.99. The monoisotopic (exact) mass is 227 g/mol. The van der Waals surface area contributed by atoms with Crippen LogP contribution in [0.2, 0.25) is 0 Å². The number of hydrogen-bond donors (Lipinski definition) is 1. The molecule has 0 saturated heterocycles. The van der Waals surface area contributed by atoms with E-state index in [0.717, 1.165) is 6.54 Å². The molecule has 1 unspecified atom stereocenters. The van der Waals surface area contributed by atoms with Crippen LogP contribution in [-0.2, 0) is 9.53 Å². The van der Waals surface area contributed by atoms with Crippen LogP contribution in [0.1, 0.15) is 52.9 Å². The fraction of sp³-hybridized carbons (Fsp3) is 0.923. The summed E-state index contributed by atoms with van der Waals surface area (Å²) in [7, 11) is 0. The van der Waals surface area contributed by atoms with Crippen LogP contribution in [0.25, 0.3) is 0 Å². The van der Waals surface area contributed by atoms with E-state index in [1.165, 1.54) is 32.1 Å². The second-order valence-corrected chi connectivity index (χ2v) is 5.08. The van der Waals surface area contributed by atoms with Gasteiger partial charge in [0.15, 0.2) is 0 Å². The summed E-state index contributed by atoms with van der Waals surface area (Å²) in [5.74, 6) is 0.711. The van der Waals surface area contributed by atoms with Crippen molar-refractivity contribution in [1.29, 1.82) is 0 Å². The highest BCUT2D eigenvalue weighted by Crippen LogP contribution is 2.22. The molecule has 0 bridgehead atoms. The molecule has 3 heteroatoms. The van der Waals surface area contributed by atoms with E-state index in [1.807, 2.05) is 20.8 Å². The molecule has 1 fully saturated rings. The molecule has 1 saturated carbocycles. The van der Waals surface area contributed by atoms with Gasteiger partial charge < -0.3 is 10.1 Å². The van der Waals surface area contributed by atoms with Gasteiger partial charge in [0.25, 0.3) is 0 Å². The van der Waals surface area contributed by atoms with Crippen LogP contribution >= 0.6 is 0 Å². The quantitative estimate of drug-likeness (QED) is 0.783. The largest absolute Gasteiger partial charge is 0.366 e. The number of nitrogens with one attached hydrogen (secondary N) is 1. The van der Waals surface area contributed by atoms with Crippen LogP contribution < -0.4 is 5.32 Å². The van der Waals surface area contributed by atoms with Gasteiger partial charge in [-0.1, -0.05) is 19.3 Å². The van der Waals surface area contributed by atoms with Crippen molar-refractivity contribution in [3.8, 4) is 0 Å². The standard InChI is InChI=1S/C13H25NO2/c1-10(2)16-11(3)13(15)14-9-12-7-5-4-6-8-12/h10-12H,4-9H2,1-3H3,(H,14,15). The first-order valence-corrected chi connectivity index (χ1v) is 6.52. The Bertz CT molecular complexity index is 210. The predicted molar refractivity (Wildman–Crippen MR) is 65.3 cm³/mol. The second-order valence-electron chi connectivity index (χ2n) is 5.08. The average Bonchev–Trinajstić information content (AvgIpc) is 2.26. The molecule has 1 atom stereocenters. The number of ether oxygens (including phenoxy) is 1. The predicted octanol–water partition coefficient (Wildman–Crippen LogP) is 2.50. The number of amides is 1. The smallest absolute Gasteiger partial charge is 0.248 e. The molecule has 1 aliphatic carbocycles. The fourth-order valence-electron chi connectivity index (χ4n) is 2.25. The molecule has 0 aromatic carbocycles. The Morgan fingerprint density at radius 3 is 2.44 bits per heavy atom. The van der Waals surface area contributed by atoms with Crippen LogP contribution in [0.5, 0.6) is 0 Å². The van der Waals surface area contributed by atoms with E-state index < -0.39 is 0 Å². The number of carbonyl (C=O) groups excluding carboxylic acids is 1. The maximum absolute atomic E-state index is 11.7. The van der Waals surface area contributed by atoms with E-state index in [9.17, 15) is 4.79 Å². The Morgan fingerprint density at radius 1 is 1.25 bits per heavy atom. The van der Waals surface area contributed by atoms with Crippen molar-refractivity contribution in [2.75, 3.05) is 6.54 Å². The normalized spacial score (nSPS) is 19.8. The summed E-state index contributed by atoms with van der Waals surface area (Å²) < 4.78 is 5.44. The van der Waals surface area contributed by atoms with Crippen molar-refractivity contribution in [2.24, 2.45) is 5.92 Å². The molecule has 0 spiro atoms. The molecule has 0 radical (unpaired) electrons. The third kappa shape index (κ3) is 4.97. The van der Waals surface area contributed by atoms with Gasteiger partial charge >= 0.3 is 0 Å². The fourth-order valence-corrected chi connectivity index (χ4v) is 2.25. The van der Waals surface area contributed by atoms with Crippen LogP contribution in [0.3, 0.4) is 0 Å². The van der Waals surface area contributed by atoms with Crippen molar-refractivity contribution >= 4 is 5.91 Å². The summed E-state index contributed by atoms with van der Waals surface area (Å²) in [4.78, 5) is 11.7. The summed E-state index contributed by atoms with van der Waals surface area (Å²) in [6.45, 7) is 6.54. The van der Waals surface area contributed by atoms with Gasteiger partial charge in [0.2, 0.25) is 5.91 Å². The maximum Gasteiger partial charge on any atom is 0.248 e. The summed E-state index contributed by atoms with van der Waals surface area (Å²) in [6.07, 6.45) is 6.30. The lowest BCUT2D eigenvalue weighted by Crippen LogP contribution is -2.38. The third-order valence-corrected chi connectivity index (χ3v) is 3.14. The van der Waals surface area contributed by atoms with Gasteiger partial charge in [-0.25, -0.2) is 0 Å². The molecule has 94 valence electrons. The lowest BCUT2D eigenvalue weighted by molar-refractivity contribution is -0.134. The molecule has 0 aliphatic heterocycles. The molecule has 16 heavy (non-hydrogen) atoms.